The summed E-state index contributed by atoms with van der Waals surface area (Å²) in [6.07, 6.45) is 5.27. The summed E-state index contributed by atoms with van der Waals surface area (Å²) >= 11 is 0. The second-order valence-electron chi connectivity index (χ2n) is 10.1. The van der Waals surface area contributed by atoms with Gasteiger partial charge < -0.3 is 4.74 Å². The van der Waals surface area contributed by atoms with Crippen LogP contribution in [0.25, 0.3) is 23.0 Å². The summed E-state index contributed by atoms with van der Waals surface area (Å²) in [5, 5.41) is 14.8. The van der Waals surface area contributed by atoms with E-state index in [1.165, 1.54) is 0 Å². The zero-order chi connectivity index (χ0) is 29.8. The fourth-order valence-electron chi connectivity index (χ4n) is 4.87. The van der Waals surface area contributed by atoms with Crippen LogP contribution < -0.4 is 4.74 Å². The maximum Gasteiger partial charge on any atom is 0.271 e. The molecule has 3 aromatic carbocycles. The van der Waals surface area contributed by atoms with Crippen molar-refractivity contribution < 1.29 is 14.3 Å². The molecule has 0 radical (unpaired) electrons. The van der Waals surface area contributed by atoms with E-state index in [9.17, 15) is 14.9 Å². The van der Waals surface area contributed by atoms with Gasteiger partial charge in [0.25, 0.3) is 11.8 Å². The van der Waals surface area contributed by atoms with E-state index in [1.54, 1.807) is 23.8 Å². The zero-order valence-electron chi connectivity index (χ0n) is 23.8. The second kappa shape index (κ2) is 11.9. The van der Waals surface area contributed by atoms with E-state index in [0.717, 1.165) is 32.8 Å². The standard InChI is InChI=1S/C35H30N4O3/c1-5-17-42-29-15-16-30(24(3)18-29)33-27(22-39(37-33)28-9-7-6-8-10-28)19-31-25(4)32(20-36)35(41)38(34(31)40)21-26-13-11-23(2)12-14-26/h5-16,18-19,22H,1,17,21H2,2-4H3/b31-19+. The third-order valence-electron chi connectivity index (χ3n) is 7.17. The lowest BCUT2D eigenvalue weighted by Crippen LogP contribution is -2.42. The Hall–Kier alpha value is -5.48. The number of imide groups is 1. The van der Waals surface area contributed by atoms with Crippen LogP contribution in [0.1, 0.15) is 29.2 Å². The molecule has 0 N–H and O–H groups in total. The number of aromatic nitrogens is 2. The molecule has 2 amide bonds. The second-order valence-corrected chi connectivity index (χ2v) is 10.1. The maximum atomic E-state index is 13.9. The molecule has 2 heterocycles. The van der Waals surface area contributed by atoms with Gasteiger partial charge in [-0.2, -0.15) is 10.4 Å². The van der Waals surface area contributed by atoms with Crippen molar-refractivity contribution in [2.24, 2.45) is 0 Å². The molecule has 1 aliphatic rings. The molecule has 7 heteroatoms. The van der Waals surface area contributed by atoms with E-state index in [4.69, 9.17) is 9.84 Å². The highest BCUT2D eigenvalue weighted by Crippen LogP contribution is 2.34. The molecule has 1 aliphatic heterocycles. The van der Waals surface area contributed by atoms with Crippen LogP contribution in [-0.2, 0) is 16.1 Å². The first-order chi connectivity index (χ1) is 20.3. The summed E-state index contributed by atoms with van der Waals surface area (Å²) < 4.78 is 7.47. The first-order valence-corrected chi connectivity index (χ1v) is 13.5. The summed E-state index contributed by atoms with van der Waals surface area (Å²) in [7, 11) is 0. The fourth-order valence-corrected chi connectivity index (χ4v) is 4.87. The van der Waals surface area contributed by atoms with E-state index in [-0.39, 0.29) is 17.7 Å². The topological polar surface area (TPSA) is 88.2 Å². The molecule has 0 spiro atoms. The van der Waals surface area contributed by atoms with Crippen molar-refractivity contribution in [1.82, 2.24) is 14.7 Å². The molecule has 4 aromatic rings. The van der Waals surface area contributed by atoms with E-state index >= 15 is 0 Å². The van der Waals surface area contributed by atoms with Crippen molar-refractivity contribution in [1.29, 1.82) is 5.26 Å². The zero-order valence-corrected chi connectivity index (χ0v) is 23.8. The molecule has 7 nitrogen and oxygen atoms in total. The summed E-state index contributed by atoms with van der Waals surface area (Å²) in [4.78, 5) is 28.2. The average molecular weight is 555 g/mol. The summed E-state index contributed by atoms with van der Waals surface area (Å²) in [5.41, 5.74) is 6.41. The molecule has 42 heavy (non-hydrogen) atoms. The number of para-hydroxylation sites is 1. The van der Waals surface area contributed by atoms with Gasteiger partial charge in [0.05, 0.1) is 12.2 Å². The van der Waals surface area contributed by atoms with Crippen molar-refractivity contribution in [2.45, 2.75) is 27.3 Å². The highest BCUT2D eigenvalue weighted by atomic mass is 16.5. The van der Waals surface area contributed by atoms with Crippen LogP contribution in [0.2, 0.25) is 0 Å². The number of aryl methyl sites for hydroxylation is 2. The lowest BCUT2D eigenvalue weighted by Gasteiger charge is -2.27. The van der Waals surface area contributed by atoms with Gasteiger partial charge in [0.1, 0.15) is 29.7 Å². The molecule has 0 saturated heterocycles. The van der Waals surface area contributed by atoms with E-state index in [1.807, 2.05) is 98.9 Å². The third-order valence-corrected chi connectivity index (χ3v) is 7.17. The van der Waals surface area contributed by atoms with E-state index < -0.39 is 11.8 Å². The first-order valence-electron chi connectivity index (χ1n) is 13.5. The number of carbonyl (C=O) groups excluding carboxylic acids is 2. The normalized spacial score (nSPS) is 14.3. The fraction of sp³-hybridized carbons (Fsp3) is 0.143. The van der Waals surface area contributed by atoms with Crippen LogP contribution in [-0.4, -0.2) is 33.1 Å². The largest absolute Gasteiger partial charge is 0.490 e. The highest BCUT2D eigenvalue weighted by molar-refractivity contribution is 6.19. The number of rotatable bonds is 8. The Bertz CT molecular complexity index is 1790. The minimum atomic E-state index is -0.594. The smallest absolute Gasteiger partial charge is 0.271 e. The molecule has 0 saturated carbocycles. The SMILES string of the molecule is C=CCOc1ccc(-c2nn(-c3ccccc3)cc2/C=C2/C(=O)N(Cc3ccc(C)cc3)C(=O)C(C#N)=C2C)c(C)c1. The van der Waals surface area contributed by atoms with Crippen LogP contribution in [0.5, 0.6) is 5.75 Å². The predicted molar refractivity (Wildman–Crippen MR) is 162 cm³/mol. The van der Waals surface area contributed by atoms with Crippen molar-refractivity contribution in [2.75, 3.05) is 6.61 Å². The molecule has 0 atom stereocenters. The van der Waals surface area contributed by atoms with Crippen LogP contribution in [0.4, 0.5) is 0 Å². The van der Waals surface area contributed by atoms with E-state index in [2.05, 4.69) is 6.58 Å². The van der Waals surface area contributed by atoms with Gasteiger partial charge in [0.15, 0.2) is 0 Å². The molecule has 0 bridgehead atoms. The molecule has 5 rings (SSSR count). The van der Waals surface area contributed by atoms with Crippen LogP contribution in [0.15, 0.2) is 108 Å². The average Bonchev–Trinajstić information content (AvgIpc) is 3.41. The quantitative estimate of drug-likeness (QED) is 0.141. The summed E-state index contributed by atoms with van der Waals surface area (Å²) in [6.45, 7) is 9.75. The monoisotopic (exact) mass is 554 g/mol. The van der Waals surface area contributed by atoms with Crippen molar-refractivity contribution in [3.8, 4) is 28.8 Å². The van der Waals surface area contributed by atoms with Gasteiger partial charge in [-0.15, -0.1) is 0 Å². The van der Waals surface area contributed by atoms with Gasteiger partial charge in [-0.1, -0.05) is 60.7 Å². The molecular weight excluding hydrogens is 524 g/mol. The molecule has 0 unspecified atom stereocenters. The molecular formula is C35H30N4O3. The lowest BCUT2D eigenvalue weighted by molar-refractivity contribution is -0.141. The van der Waals surface area contributed by atoms with Crippen molar-refractivity contribution in [3.63, 3.8) is 0 Å². The number of hydrogen-bond donors (Lipinski definition) is 0. The minimum Gasteiger partial charge on any atom is -0.490 e. The van der Waals surface area contributed by atoms with Crippen LogP contribution >= 0.6 is 0 Å². The Labute approximate surface area is 245 Å². The third kappa shape index (κ3) is 5.56. The van der Waals surface area contributed by atoms with Gasteiger partial charge in [-0.05, 0) is 73.9 Å². The maximum absolute atomic E-state index is 13.9. The van der Waals surface area contributed by atoms with Gasteiger partial charge in [-0.3, -0.25) is 14.5 Å². The van der Waals surface area contributed by atoms with Crippen molar-refractivity contribution in [3.05, 3.63) is 131 Å². The van der Waals surface area contributed by atoms with Crippen molar-refractivity contribution >= 4 is 17.9 Å². The number of ether oxygens (including phenoxy) is 1. The Morgan fingerprint density at radius 3 is 2.38 bits per heavy atom. The number of amides is 2. The number of carbonyl (C=O) groups is 2. The number of nitrogens with zero attached hydrogens (tertiary/aromatic N) is 4. The molecule has 0 aliphatic carbocycles. The van der Waals surface area contributed by atoms with Gasteiger partial charge >= 0.3 is 0 Å². The summed E-state index contributed by atoms with van der Waals surface area (Å²) in [6, 6.07) is 25.1. The Kier molecular flexibility index (Phi) is 7.98. The highest BCUT2D eigenvalue weighted by Gasteiger charge is 2.35. The van der Waals surface area contributed by atoms with Crippen LogP contribution in [0, 0.1) is 25.2 Å². The van der Waals surface area contributed by atoms with Gasteiger partial charge in [0, 0.05) is 22.9 Å². The number of hydrogen-bond acceptors (Lipinski definition) is 5. The lowest BCUT2D eigenvalue weighted by atomic mass is 9.92. The Morgan fingerprint density at radius 2 is 1.71 bits per heavy atom. The van der Waals surface area contributed by atoms with Gasteiger partial charge in [-0.25, -0.2) is 4.68 Å². The predicted octanol–water partition coefficient (Wildman–Crippen LogP) is 6.51. The number of benzene rings is 3. The molecule has 208 valence electrons. The first kappa shape index (κ1) is 28.1. The molecule has 1 aromatic heterocycles. The summed E-state index contributed by atoms with van der Waals surface area (Å²) in [5.74, 6) is -0.340. The van der Waals surface area contributed by atoms with Crippen LogP contribution in [0.3, 0.4) is 0 Å². The Balaban J connectivity index is 1.64. The Morgan fingerprint density at radius 1 is 0.976 bits per heavy atom. The van der Waals surface area contributed by atoms with Gasteiger partial charge in [0.2, 0.25) is 0 Å². The number of nitriles is 1. The molecule has 0 fully saturated rings. The van der Waals surface area contributed by atoms with E-state index in [0.29, 0.717) is 29.2 Å². The minimum absolute atomic E-state index is 0.0511.